The number of rotatable bonds is 2. The molecule has 1 saturated heterocycles. The highest BCUT2D eigenvalue weighted by atomic mass is 79.9. The van der Waals surface area contributed by atoms with Crippen LogP contribution in [0.2, 0.25) is 0 Å². The van der Waals surface area contributed by atoms with Gasteiger partial charge in [-0.3, -0.25) is 19.5 Å². The highest BCUT2D eigenvalue weighted by Crippen LogP contribution is 2.14. The van der Waals surface area contributed by atoms with Gasteiger partial charge in [0.25, 0.3) is 0 Å². The zero-order valence-corrected chi connectivity index (χ0v) is 10.5. The van der Waals surface area contributed by atoms with Gasteiger partial charge in [-0.05, 0) is 28.1 Å². The third-order valence-electron chi connectivity index (χ3n) is 2.36. The number of pyridine rings is 1. The van der Waals surface area contributed by atoms with Crippen molar-refractivity contribution in [2.24, 2.45) is 0 Å². The van der Waals surface area contributed by atoms with Gasteiger partial charge in [0.1, 0.15) is 0 Å². The third kappa shape index (κ3) is 2.05. The van der Waals surface area contributed by atoms with E-state index in [1.165, 1.54) is 7.05 Å². The summed E-state index contributed by atoms with van der Waals surface area (Å²) in [6, 6.07) is 2.80. The van der Waals surface area contributed by atoms with Crippen molar-refractivity contribution in [3.8, 4) is 0 Å². The summed E-state index contributed by atoms with van der Waals surface area (Å²) in [6.45, 7) is 0.00102. The molecular formula is C10H8BrN3O3. The third-order valence-corrected chi connectivity index (χ3v) is 2.83. The summed E-state index contributed by atoms with van der Waals surface area (Å²) in [4.78, 5) is 40.0. The normalized spacial score (nSPS) is 16.0. The van der Waals surface area contributed by atoms with Crippen LogP contribution in [0, 0.1) is 0 Å². The van der Waals surface area contributed by atoms with E-state index in [1.807, 2.05) is 0 Å². The molecular weight excluding hydrogens is 290 g/mol. The fourth-order valence-corrected chi connectivity index (χ4v) is 1.65. The quantitative estimate of drug-likeness (QED) is 0.597. The molecule has 2 heterocycles. The molecule has 1 aromatic heterocycles. The summed E-state index contributed by atoms with van der Waals surface area (Å²) in [5, 5.41) is 0. The Kier molecular flexibility index (Phi) is 2.93. The number of amides is 4. The molecule has 1 aromatic rings. The summed E-state index contributed by atoms with van der Waals surface area (Å²) in [6.07, 6.45) is 1.56. The van der Waals surface area contributed by atoms with Gasteiger partial charge in [-0.25, -0.2) is 9.69 Å². The highest BCUT2D eigenvalue weighted by molar-refractivity contribution is 9.10. The molecule has 0 N–H and O–H groups in total. The number of halogens is 1. The first kappa shape index (κ1) is 11.7. The van der Waals surface area contributed by atoms with Crippen LogP contribution < -0.4 is 0 Å². The Labute approximate surface area is 105 Å². The molecule has 7 heteroatoms. The summed E-state index contributed by atoms with van der Waals surface area (Å²) >= 11 is 3.23. The number of imide groups is 2. The Hall–Kier alpha value is -1.76. The van der Waals surface area contributed by atoms with Gasteiger partial charge in [0.15, 0.2) is 0 Å². The van der Waals surface area contributed by atoms with Gasteiger partial charge in [-0.15, -0.1) is 0 Å². The van der Waals surface area contributed by atoms with Crippen molar-refractivity contribution in [2.45, 2.75) is 6.54 Å². The number of likely N-dealkylation sites (N-methyl/N-ethyl adjacent to an activating group) is 1. The molecule has 0 aliphatic carbocycles. The van der Waals surface area contributed by atoms with Crippen LogP contribution in [0.3, 0.4) is 0 Å². The van der Waals surface area contributed by atoms with Gasteiger partial charge in [0.2, 0.25) is 0 Å². The zero-order valence-electron chi connectivity index (χ0n) is 8.88. The van der Waals surface area contributed by atoms with E-state index in [2.05, 4.69) is 20.9 Å². The number of hydrogen-bond acceptors (Lipinski definition) is 4. The minimum Gasteiger partial charge on any atom is -0.263 e. The molecule has 4 amide bonds. The van der Waals surface area contributed by atoms with Gasteiger partial charge >= 0.3 is 17.8 Å². The average molecular weight is 298 g/mol. The van der Waals surface area contributed by atoms with Crippen LogP contribution in [-0.2, 0) is 16.1 Å². The van der Waals surface area contributed by atoms with E-state index in [4.69, 9.17) is 0 Å². The van der Waals surface area contributed by atoms with E-state index in [0.717, 1.165) is 14.3 Å². The van der Waals surface area contributed by atoms with Crippen molar-refractivity contribution in [2.75, 3.05) is 7.05 Å². The predicted octanol–water partition coefficient (Wildman–Crippen LogP) is 0.765. The van der Waals surface area contributed by atoms with Crippen LogP contribution in [0.5, 0.6) is 0 Å². The molecule has 0 bridgehead atoms. The maximum Gasteiger partial charge on any atom is 0.334 e. The molecule has 0 spiro atoms. The van der Waals surface area contributed by atoms with E-state index in [1.54, 1.807) is 18.3 Å². The van der Waals surface area contributed by atoms with Crippen LogP contribution in [0.25, 0.3) is 0 Å². The first-order valence-corrected chi connectivity index (χ1v) is 5.54. The zero-order chi connectivity index (χ0) is 12.6. The molecule has 1 fully saturated rings. The molecule has 6 nitrogen and oxygen atoms in total. The minimum absolute atomic E-state index is 0.00102. The molecule has 2 rings (SSSR count). The van der Waals surface area contributed by atoms with Crippen LogP contribution in [0.15, 0.2) is 22.8 Å². The number of carbonyl (C=O) groups is 3. The number of carbonyl (C=O) groups excluding carboxylic acids is 3. The first-order chi connectivity index (χ1) is 8.00. The Morgan fingerprint density at radius 3 is 2.41 bits per heavy atom. The Morgan fingerprint density at radius 1 is 1.24 bits per heavy atom. The van der Waals surface area contributed by atoms with Crippen LogP contribution in [0.1, 0.15) is 5.69 Å². The molecule has 1 aliphatic heterocycles. The van der Waals surface area contributed by atoms with Crippen LogP contribution >= 0.6 is 15.9 Å². The van der Waals surface area contributed by atoms with E-state index in [-0.39, 0.29) is 6.54 Å². The maximum absolute atomic E-state index is 11.6. The lowest BCUT2D eigenvalue weighted by Crippen LogP contribution is -2.31. The topological polar surface area (TPSA) is 70.6 Å². The van der Waals surface area contributed by atoms with Gasteiger partial charge < -0.3 is 0 Å². The SMILES string of the molecule is CN1C(=O)C(=O)N(Cc2ccc(Br)cn2)C1=O. The molecule has 17 heavy (non-hydrogen) atoms. The number of aromatic nitrogens is 1. The Bertz CT molecular complexity index is 500. The van der Waals surface area contributed by atoms with Gasteiger partial charge in [-0.2, -0.15) is 0 Å². The van der Waals surface area contributed by atoms with Crippen molar-refractivity contribution in [3.05, 3.63) is 28.5 Å². The number of urea groups is 1. The number of nitrogens with zero attached hydrogens (tertiary/aromatic N) is 3. The van der Waals surface area contributed by atoms with E-state index in [0.29, 0.717) is 5.69 Å². The Balaban J connectivity index is 2.19. The molecule has 88 valence electrons. The second-order valence-corrected chi connectivity index (χ2v) is 4.42. The minimum atomic E-state index is -0.817. The largest absolute Gasteiger partial charge is 0.334 e. The fraction of sp³-hybridized carbons (Fsp3) is 0.200. The molecule has 0 unspecified atom stereocenters. The van der Waals surface area contributed by atoms with Crippen LogP contribution in [0.4, 0.5) is 4.79 Å². The molecule has 1 aliphatic rings. The first-order valence-electron chi connectivity index (χ1n) is 4.74. The van der Waals surface area contributed by atoms with Crippen molar-refractivity contribution < 1.29 is 14.4 Å². The van der Waals surface area contributed by atoms with Crippen molar-refractivity contribution in [3.63, 3.8) is 0 Å². The standard InChI is InChI=1S/C10H8BrN3O3/c1-13-8(15)9(16)14(10(13)17)5-7-3-2-6(11)4-12-7/h2-4H,5H2,1H3. The predicted molar refractivity (Wildman–Crippen MR) is 60.7 cm³/mol. The Morgan fingerprint density at radius 2 is 1.94 bits per heavy atom. The van der Waals surface area contributed by atoms with Crippen LogP contribution in [-0.4, -0.2) is 39.7 Å². The maximum atomic E-state index is 11.6. The molecule has 0 aromatic carbocycles. The second-order valence-electron chi connectivity index (χ2n) is 3.51. The molecule has 0 saturated carbocycles. The second kappa shape index (κ2) is 4.25. The molecule has 0 atom stereocenters. The lowest BCUT2D eigenvalue weighted by atomic mass is 10.3. The lowest BCUT2D eigenvalue weighted by molar-refractivity contribution is -0.143. The van der Waals surface area contributed by atoms with Gasteiger partial charge in [-0.1, -0.05) is 0 Å². The summed E-state index contributed by atoms with van der Waals surface area (Å²) < 4.78 is 0.800. The van der Waals surface area contributed by atoms with Crippen molar-refractivity contribution in [1.29, 1.82) is 0 Å². The summed E-state index contributed by atoms with van der Waals surface area (Å²) in [5.41, 5.74) is 0.540. The smallest absolute Gasteiger partial charge is 0.263 e. The van der Waals surface area contributed by atoms with Crippen molar-refractivity contribution >= 4 is 33.8 Å². The average Bonchev–Trinajstić information content (AvgIpc) is 2.50. The van der Waals surface area contributed by atoms with E-state index < -0.39 is 17.8 Å². The van der Waals surface area contributed by atoms with E-state index >= 15 is 0 Å². The molecule has 0 radical (unpaired) electrons. The van der Waals surface area contributed by atoms with Gasteiger partial charge in [0.05, 0.1) is 12.2 Å². The van der Waals surface area contributed by atoms with E-state index in [9.17, 15) is 14.4 Å². The fourth-order valence-electron chi connectivity index (χ4n) is 1.42. The lowest BCUT2D eigenvalue weighted by Gasteiger charge is -2.11. The number of hydrogen-bond donors (Lipinski definition) is 0. The summed E-state index contributed by atoms with van der Waals surface area (Å²) in [5.74, 6) is -1.63. The monoisotopic (exact) mass is 297 g/mol. The van der Waals surface area contributed by atoms with Crippen molar-refractivity contribution in [1.82, 2.24) is 14.8 Å². The van der Waals surface area contributed by atoms with Gasteiger partial charge in [0, 0.05) is 17.7 Å². The summed E-state index contributed by atoms with van der Waals surface area (Å²) in [7, 11) is 1.28. The highest BCUT2D eigenvalue weighted by Gasteiger charge is 2.42.